The third kappa shape index (κ3) is 3.91. The largest absolute Gasteiger partial charge is 0.497 e. The monoisotopic (exact) mass is 404 g/mol. The molecule has 28 heavy (non-hydrogen) atoms. The molecule has 0 saturated carbocycles. The van der Waals surface area contributed by atoms with Crippen LogP contribution in [0, 0.1) is 0 Å². The van der Waals surface area contributed by atoms with Crippen molar-refractivity contribution >= 4 is 15.7 Å². The van der Waals surface area contributed by atoms with Gasteiger partial charge in [-0.15, -0.1) is 0 Å². The molecular formula is C20H24N2O5S. The highest BCUT2D eigenvalue weighted by molar-refractivity contribution is 7.88. The van der Waals surface area contributed by atoms with Crippen LogP contribution in [0.3, 0.4) is 0 Å². The summed E-state index contributed by atoms with van der Waals surface area (Å²) in [6, 6.07) is 12.3. The minimum atomic E-state index is -3.59. The molecule has 0 fully saturated rings. The summed E-state index contributed by atoms with van der Waals surface area (Å²) in [5.74, 6) is 1.86. The molecule has 0 spiro atoms. The molecule has 150 valence electrons. The van der Waals surface area contributed by atoms with Gasteiger partial charge in [0.25, 0.3) is 0 Å². The fourth-order valence-corrected chi connectivity index (χ4v) is 4.17. The Bertz CT molecular complexity index is 988. The van der Waals surface area contributed by atoms with Gasteiger partial charge in [0.1, 0.15) is 17.2 Å². The van der Waals surface area contributed by atoms with E-state index >= 15 is 0 Å². The third-order valence-corrected chi connectivity index (χ3v) is 5.53. The average molecular weight is 404 g/mol. The Kier molecular flexibility index (Phi) is 5.79. The Hall–Kier alpha value is -2.74. The summed E-state index contributed by atoms with van der Waals surface area (Å²) in [6.07, 6.45) is 1.55. The van der Waals surface area contributed by atoms with Gasteiger partial charge in [0, 0.05) is 23.6 Å². The molecule has 0 radical (unpaired) electrons. The van der Waals surface area contributed by atoms with E-state index in [9.17, 15) is 8.42 Å². The molecule has 0 saturated heterocycles. The van der Waals surface area contributed by atoms with Crippen molar-refractivity contribution in [1.82, 2.24) is 4.41 Å². The molecule has 0 unspecified atom stereocenters. The number of rotatable bonds is 7. The Balaban J connectivity index is 2.06. The van der Waals surface area contributed by atoms with Crippen molar-refractivity contribution in [3.05, 3.63) is 53.6 Å². The fourth-order valence-electron chi connectivity index (χ4n) is 3.27. The van der Waals surface area contributed by atoms with Gasteiger partial charge in [-0.1, -0.05) is 12.1 Å². The molecule has 1 atom stereocenters. The topological polar surface area (TPSA) is 77.4 Å². The maximum atomic E-state index is 12.4. The lowest BCUT2D eigenvalue weighted by molar-refractivity contribution is 0.339. The first-order chi connectivity index (χ1) is 13.4. The lowest BCUT2D eigenvalue weighted by Gasteiger charge is -2.23. The number of benzene rings is 2. The van der Waals surface area contributed by atoms with Crippen molar-refractivity contribution in [2.75, 3.05) is 27.1 Å². The molecule has 0 amide bonds. The van der Waals surface area contributed by atoms with Crippen molar-refractivity contribution in [3.63, 3.8) is 0 Å². The molecule has 7 nitrogen and oxygen atoms in total. The fraction of sp³-hybridized carbons (Fsp3) is 0.350. The molecule has 2 aromatic rings. The molecule has 1 heterocycles. The Morgan fingerprint density at radius 2 is 1.86 bits per heavy atom. The van der Waals surface area contributed by atoms with E-state index in [0.29, 0.717) is 36.0 Å². The summed E-state index contributed by atoms with van der Waals surface area (Å²) >= 11 is 0. The van der Waals surface area contributed by atoms with E-state index in [-0.39, 0.29) is 0 Å². The first-order valence-corrected chi connectivity index (χ1v) is 10.7. The number of hydrogen-bond donors (Lipinski definition) is 0. The molecule has 0 aliphatic carbocycles. The average Bonchev–Trinajstić information content (AvgIpc) is 3.13. The summed E-state index contributed by atoms with van der Waals surface area (Å²) in [4.78, 5) is 0. The molecule has 1 aliphatic rings. The molecule has 3 rings (SSSR count). The second kappa shape index (κ2) is 8.10. The van der Waals surface area contributed by atoms with Crippen LogP contribution in [0.1, 0.15) is 30.5 Å². The molecule has 2 aromatic carbocycles. The summed E-state index contributed by atoms with van der Waals surface area (Å²) < 4.78 is 42.5. The van der Waals surface area contributed by atoms with Gasteiger partial charge >= 0.3 is 0 Å². The van der Waals surface area contributed by atoms with Crippen LogP contribution in [0.5, 0.6) is 17.2 Å². The third-order valence-electron chi connectivity index (χ3n) is 4.51. The predicted molar refractivity (Wildman–Crippen MR) is 108 cm³/mol. The molecule has 0 N–H and O–H groups in total. The summed E-state index contributed by atoms with van der Waals surface area (Å²) in [5.41, 5.74) is 2.16. The van der Waals surface area contributed by atoms with Gasteiger partial charge in [-0.3, -0.25) is 0 Å². The zero-order valence-electron chi connectivity index (χ0n) is 16.4. The van der Waals surface area contributed by atoms with Crippen LogP contribution >= 0.6 is 0 Å². The van der Waals surface area contributed by atoms with Gasteiger partial charge in [-0.2, -0.15) is 9.52 Å². The summed E-state index contributed by atoms with van der Waals surface area (Å²) in [5, 5.41) is 4.44. The molecule has 8 heteroatoms. The predicted octanol–water partition coefficient (Wildman–Crippen LogP) is 3.21. The van der Waals surface area contributed by atoms with Gasteiger partial charge in [0.05, 0.1) is 38.8 Å². The van der Waals surface area contributed by atoms with Crippen molar-refractivity contribution in [2.45, 2.75) is 19.4 Å². The Labute approximate surface area is 165 Å². The minimum absolute atomic E-state index is 0.403. The zero-order valence-corrected chi connectivity index (χ0v) is 17.2. The van der Waals surface area contributed by atoms with Crippen LogP contribution in [0.2, 0.25) is 0 Å². The Morgan fingerprint density at radius 1 is 1.11 bits per heavy atom. The van der Waals surface area contributed by atoms with Crippen molar-refractivity contribution in [1.29, 1.82) is 0 Å². The van der Waals surface area contributed by atoms with Crippen LogP contribution < -0.4 is 14.2 Å². The van der Waals surface area contributed by atoms with E-state index in [4.69, 9.17) is 14.2 Å². The van der Waals surface area contributed by atoms with E-state index in [0.717, 1.165) is 21.8 Å². The van der Waals surface area contributed by atoms with Crippen LogP contribution in [0.15, 0.2) is 47.6 Å². The molecule has 0 bridgehead atoms. The van der Waals surface area contributed by atoms with E-state index in [2.05, 4.69) is 5.10 Å². The maximum absolute atomic E-state index is 12.4. The van der Waals surface area contributed by atoms with Crippen LogP contribution in [-0.4, -0.2) is 45.6 Å². The van der Waals surface area contributed by atoms with Crippen LogP contribution in [-0.2, 0) is 10.0 Å². The normalized spacial score (nSPS) is 16.6. The summed E-state index contributed by atoms with van der Waals surface area (Å²) in [7, 11) is -0.474. The van der Waals surface area contributed by atoms with Crippen molar-refractivity contribution in [3.8, 4) is 17.2 Å². The quantitative estimate of drug-likeness (QED) is 0.708. The number of sulfonamides is 1. The first-order valence-electron chi connectivity index (χ1n) is 8.90. The second-order valence-electron chi connectivity index (χ2n) is 6.34. The number of ether oxygens (including phenoxy) is 3. The number of hydrogen-bond acceptors (Lipinski definition) is 6. The van der Waals surface area contributed by atoms with Crippen molar-refractivity contribution in [2.24, 2.45) is 5.10 Å². The lowest BCUT2D eigenvalue weighted by atomic mass is 9.98. The smallest absolute Gasteiger partial charge is 0.247 e. The van der Waals surface area contributed by atoms with E-state index in [1.807, 2.05) is 37.3 Å². The van der Waals surface area contributed by atoms with Gasteiger partial charge in [0.2, 0.25) is 10.0 Å². The van der Waals surface area contributed by atoms with E-state index < -0.39 is 16.1 Å². The second-order valence-corrected chi connectivity index (χ2v) is 8.18. The van der Waals surface area contributed by atoms with Crippen LogP contribution in [0.25, 0.3) is 0 Å². The first kappa shape index (κ1) is 20.0. The number of methoxy groups -OCH3 is 2. The number of hydrazone groups is 1. The maximum Gasteiger partial charge on any atom is 0.247 e. The van der Waals surface area contributed by atoms with Gasteiger partial charge in [-0.25, -0.2) is 8.42 Å². The highest BCUT2D eigenvalue weighted by atomic mass is 32.2. The highest BCUT2D eigenvalue weighted by Crippen LogP contribution is 2.41. The molecule has 0 aromatic heterocycles. The zero-order chi connectivity index (χ0) is 20.3. The SMILES string of the molecule is CCOc1ccccc1C1=NN(S(C)(=O)=O)[C@H](c2ccc(OC)cc2OC)C1. The number of nitrogens with zero attached hydrogens (tertiary/aromatic N) is 2. The van der Waals surface area contributed by atoms with E-state index in [1.165, 1.54) is 0 Å². The van der Waals surface area contributed by atoms with Crippen LogP contribution in [0.4, 0.5) is 0 Å². The molecule has 1 aliphatic heterocycles. The Morgan fingerprint density at radius 3 is 2.50 bits per heavy atom. The van der Waals surface area contributed by atoms with Gasteiger partial charge < -0.3 is 14.2 Å². The number of para-hydroxylation sites is 1. The van der Waals surface area contributed by atoms with Gasteiger partial charge in [-0.05, 0) is 31.2 Å². The minimum Gasteiger partial charge on any atom is -0.497 e. The highest BCUT2D eigenvalue weighted by Gasteiger charge is 2.37. The van der Waals surface area contributed by atoms with Gasteiger partial charge in [0.15, 0.2) is 0 Å². The molecular weight excluding hydrogens is 380 g/mol. The summed E-state index contributed by atoms with van der Waals surface area (Å²) in [6.45, 7) is 2.41. The lowest BCUT2D eigenvalue weighted by Crippen LogP contribution is -2.26. The standard InChI is InChI=1S/C20H24N2O5S/c1-5-27-19-9-7-6-8-15(19)17-13-18(22(21-17)28(4,23)24)16-11-10-14(25-2)12-20(16)26-3/h6-12,18H,5,13H2,1-4H3/t18-/m0/s1. The van der Waals surface area contributed by atoms with E-state index in [1.54, 1.807) is 26.4 Å². The van der Waals surface area contributed by atoms with Crippen molar-refractivity contribution < 1.29 is 22.6 Å².